The number of aromatic amines is 2. The SMILES string of the molecule is O=c1[nH]c2ccc(NCc3cnc(C4CC4)nc3)cc2[nH]1. The van der Waals surface area contributed by atoms with Crippen molar-refractivity contribution in [2.45, 2.75) is 25.3 Å². The number of rotatable bonds is 4. The van der Waals surface area contributed by atoms with Gasteiger partial charge in [-0.05, 0) is 31.0 Å². The maximum atomic E-state index is 11.2. The van der Waals surface area contributed by atoms with Crippen LogP contribution in [-0.2, 0) is 6.54 Å². The van der Waals surface area contributed by atoms with Crippen LogP contribution in [0.2, 0.25) is 0 Å². The number of fused-ring (bicyclic) bond motifs is 1. The minimum absolute atomic E-state index is 0.189. The van der Waals surface area contributed by atoms with Gasteiger partial charge in [0, 0.05) is 36.1 Å². The Balaban J connectivity index is 1.47. The van der Waals surface area contributed by atoms with Gasteiger partial charge in [-0.2, -0.15) is 0 Å². The van der Waals surface area contributed by atoms with Gasteiger partial charge < -0.3 is 15.3 Å². The minimum atomic E-state index is -0.189. The number of nitrogens with zero attached hydrogens (tertiary/aromatic N) is 2. The fourth-order valence-electron chi connectivity index (χ4n) is 2.36. The third-order valence-electron chi connectivity index (χ3n) is 3.68. The zero-order chi connectivity index (χ0) is 14.2. The van der Waals surface area contributed by atoms with E-state index < -0.39 is 0 Å². The van der Waals surface area contributed by atoms with E-state index in [9.17, 15) is 4.79 Å². The molecular weight excluding hydrogens is 266 g/mol. The first-order valence-electron chi connectivity index (χ1n) is 7.05. The Morgan fingerprint density at radius 2 is 1.90 bits per heavy atom. The molecule has 0 unspecified atom stereocenters. The number of H-pyrrole nitrogens is 2. The van der Waals surface area contributed by atoms with Crippen LogP contribution in [0.25, 0.3) is 11.0 Å². The number of hydrogen-bond acceptors (Lipinski definition) is 4. The number of imidazole rings is 1. The van der Waals surface area contributed by atoms with E-state index in [1.54, 1.807) is 0 Å². The molecule has 1 fully saturated rings. The number of benzene rings is 1. The number of nitrogens with one attached hydrogen (secondary N) is 3. The van der Waals surface area contributed by atoms with E-state index in [0.717, 1.165) is 28.1 Å². The lowest BCUT2D eigenvalue weighted by molar-refractivity contribution is 0.905. The Kier molecular flexibility index (Phi) is 2.73. The standard InChI is InChI=1S/C15H15N5O/c21-15-19-12-4-3-11(5-13(12)20-15)16-6-9-7-17-14(18-8-9)10-1-2-10/h3-5,7-8,10,16H,1-2,6H2,(H2,19,20,21). The fourth-order valence-corrected chi connectivity index (χ4v) is 2.36. The zero-order valence-electron chi connectivity index (χ0n) is 11.4. The maximum absolute atomic E-state index is 11.2. The highest BCUT2D eigenvalue weighted by atomic mass is 16.1. The Morgan fingerprint density at radius 1 is 1.14 bits per heavy atom. The second kappa shape index (κ2) is 4.73. The summed E-state index contributed by atoms with van der Waals surface area (Å²) < 4.78 is 0. The fraction of sp³-hybridized carbons (Fsp3) is 0.267. The van der Waals surface area contributed by atoms with Gasteiger partial charge in [0.05, 0.1) is 11.0 Å². The number of hydrogen-bond donors (Lipinski definition) is 3. The molecule has 3 N–H and O–H groups in total. The summed E-state index contributed by atoms with van der Waals surface area (Å²) in [5, 5.41) is 3.31. The van der Waals surface area contributed by atoms with E-state index in [-0.39, 0.29) is 5.69 Å². The lowest BCUT2D eigenvalue weighted by Crippen LogP contribution is -2.02. The van der Waals surface area contributed by atoms with Gasteiger partial charge in [0.15, 0.2) is 0 Å². The molecule has 1 aliphatic carbocycles. The van der Waals surface area contributed by atoms with Crippen LogP contribution >= 0.6 is 0 Å². The van der Waals surface area contributed by atoms with Crippen molar-refractivity contribution < 1.29 is 0 Å². The molecule has 0 bridgehead atoms. The van der Waals surface area contributed by atoms with Gasteiger partial charge in [0.1, 0.15) is 5.82 Å². The van der Waals surface area contributed by atoms with Gasteiger partial charge in [0.2, 0.25) is 0 Å². The molecule has 3 aromatic rings. The smallest absolute Gasteiger partial charge is 0.323 e. The Labute approximate surface area is 120 Å². The van der Waals surface area contributed by atoms with Crippen molar-refractivity contribution in [3.63, 3.8) is 0 Å². The van der Waals surface area contributed by atoms with Crippen molar-refractivity contribution in [1.29, 1.82) is 0 Å². The van der Waals surface area contributed by atoms with Gasteiger partial charge in [-0.1, -0.05) is 0 Å². The molecule has 0 radical (unpaired) electrons. The summed E-state index contributed by atoms with van der Waals surface area (Å²) in [4.78, 5) is 25.5. The molecule has 1 aliphatic rings. The first-order valence-corrected chi connectivity index (χ1v) is 7.05. The second-order valence-corrected chi connectivity index (χ2v) is 5.42. The average molecular weight is 281 g/mol. The first-order chi connectivity index (χ1) is 10.3. The molecule has 6 heteroatoms. The predicted octanol–water partition coefficient (Wildman–Crippen LogP) is 2.14. The summed E-state index contributed by atoms with van der Waals surface area (Å²) >= 11 is 0. The highest BCUT2D eigenvalue weighted by Crippen LogP contribution is 2.37. The van der Waals surface area contributed by atoms with Gasteiger partial charge >= 0.3 is 5.69 Å². The van der Waals surface area contributed by atoms with Crippen LogP contribution in [0.15, 0.2) is 35.4 Å². The molecule has 106 valence electrons. The quantitative estimate of drug-likeness (QED) is 0.683. The Bertz CT molecular complexity index is 829. The molecule has 0 atom stereocenters. The second-order valence-electron chi connectivity index (χ2n) is 5.42. The van der Waals surface area contributed by atoms with Crippen LogP contribution in [0.5, 0.6) is 0 Å². The van der Waals surface area contributed by atoms with Crippen molar-refractivity contribution >= 4 is 16.7 Å². The Hall–Kier alpha value is -2.63. The van der Waals surface area contributed by atoms with Crippen LogP contribution in [0, 0.1) is 0 Å². The lowest BCUT2D eigenvalue weighted by atomic mass is 10.2. The highest BCUT2D eigenvalue weighted by Gasteiger charge is 2.25. The number of aromatic nitrogens is 4. The van der Waals surface area contributed by atoms with Crippen LogP contribution < -0.4 is 11.0 Å². The van der Waals surface area contributed by atoms with Gasteiger partial charge in [0.25, 0.3) is 0 Å². The summed E-state index contributed by atoms with van der Waals surface area (Å²) in [6, 6.07) is 5.72. The molecule has 2 heterocycles. The zero-order valence-corrected chi connectivity index (χ0v) is 11.4. The summed E-state index contributed by atoms with van der Waals surface area (Å²) in [6.07, 6.45) is 6.19. The first kappa shape index (κ1) is 12.1. The monoisotopic (exact) mass is 281 g/mol. The van der Waals surface area contributed by atoms with Gasteiger partial charge in [-0.15, -0.1) is 0 Å². The largest absolute Gasteiger partial charge is 0.381 e. The predicted molar refractivity (Wildman–Crippen MR) is 80.3 cm³/mol. The van der Waals surface area contributed by atoms with E-state index >= 15 is 0 Å². The summed E-state index contributed by atoms with van der Waals surface area (Å²) in [5.41, 5.74) is 3.41. The van der Waals surface area contributed by atoms with Crippen molar-refractivity contribution in [2.24, 2.45) is 0 Å². The molecule has 0 spiro atoms. The molecule has 6 nitrogen and oxygen atoms in total. The van der Waals surface area contributed by atoms with Crippen LogP contribution in [0.1, 0.15) is 30.1 Å². The van der Waals surface area contributed by atoms with Crippen LogP contribution in [0.3, 0.4) is 0 Å². The third-order valence-corrected chi connectivity index (χ3v) is 3.68. The van der Waals surface area contributed by atoms with Crippen LogP contribution in [-0.4, -0.2) is 19.9 Å². The van der Waals surface area contributed by atoms with Crippen molar-refractivity contribution in [2.75, 3.05) is 5.32 Å². The summed E-state index contributed by atoms with van der Waals surface area (Å²) in [6.45, 7) is 0.658. The summed E-state index contributed by atoms with van der Waals surface area (Å²) in [7, 11) is 0. The maximum Gasteiger partial charge on any atom is 0.323 e. The normalized spacial score (nSPS) is 14.5. The van der Waals surface area contributed by atoms with Crippen molar-refractivity contribution in [3.05, 3.63) is 52.5 Å². The van der Waals surface area contributed by atoms with E-state index in [2.05, 4.69) is 25.3 Å². The third kappa shape index (κ3) is 2.52. The summed E-state index contributed by atoms with van der Waals surface area (Å²) in [5.74, 6) is 1.55. The molecule has 21 heavy (non-hydrogen) atoms. The van der Waals surface area contributed by atoms with Crippen molar-refractivity contribution in [1.82, 2.24) is 19.9 Å². The molecule has 0 aliphatic heterocycles. The van der Waals surface area contributed by atoms with Crippen LogP contribution in [0.4, 0.5) is 5.69 Å². The minimum Gasteiger partial charge on any atom is -0.381 e. The van der Waals surface area contributed by atoms with Crippen molar-refractivity contribution in [3.8, 4) is 0 Å². The molecular formula is C15H15N5O. The molecule has 0 saturated heterocycles. The number of anilines is 1. The van der Waals surface area contributed by atoms with E-state index in [1.165, 1.54) is 12.8 Å². The Morgan fingerprint density at radius 3 is 2.67 bits per heavy atom. The molecule has 4 rings (SSSR count). The van der Waals surface area contributed by atoms with Gasteiger partial charge in [-0.3, -0.25) is 0 Å². The lowest BCUT2D eigenvalue weighted by Gasteiger charge is -2.06. The molecule has 1 aromatic carbocycles. The van der Waals surface area contributed by atoms with Gasteiger partial charge in [-0.25, -0.2) is 14.8 Å². The highest BCUT2D eigenvalue weighted by molar-refractivity contribution is 5.78. The molecule has 0 amide bonds. The van der Waals surface area contributed by atoms with E-state index in [0.29, 0.717) is 12.5 Å². The van der Waals surface area contributed by atoms with E-state index in [1.807, 2.05) is 30.6 Å². The average Bonchev–Trinajstić information content (AvgIpc) is 3.27. The van der Waals surface area contributed by atoms with E-state index in [4.69, 9.17) is 0 Å². The molecule has 2 aromatic heterocycles. The molecule has 1 saturated carbocycles. The topological polar surface area (TPSA) is 86.5 Å².